The molecule has 6 atom stereocenters. The summed E-state index contributed by atoms with van der Waals surface area (Å²) in [5, 5.41) is 20.0. The van der Waals surface area contributed by atoms with Crippen LogP contribution in [0.25, 0.3) is 0 Å². The van der Waals surface area contributed by atoms with Crippen molar-refractivity contribution in [2.45, 2.75) is 24.5 Å². The summed E-state index contributed by atoms with van der Waals surface area (Å²) < 4.78 is 50.8. The van der Waals surface area contributed by atoms with Crippen LogP contribution >= 0.6 is 23.5 Å². The molecular formula is C9H16N3O14P3. The standard InChI is InChI=1S/C9H16N3O14P3/c10-5-1-2-12(9(15)11-5)8-7(14)6(13)4(24-8)3-23-28(19,20)26-29(21,22)25-27(16,17)18/h1-2,4,6-8,13-14H,3H2,(H,19,20)(H,21,22)(H2,10,11,15)(H2,16,17,18)/t4-,6+,7+,8+/m1/s1. The first-order valence-corrected chi connectivity index (χ1v) is 11.8. The number of ether oxygens (including phenoxy) is 1. The lowest BCUT2D eigenvalue weighted by molar-refractivity contribution is -0.0541. The summed E-state index contributed by atoms with van der Waals surface area (Å²) in [6.45, 7) is -1.02. The van der Waals surface area contributed by atoms with Gasteiger partial charge in [-0.1, -0.05) is 0 Å². The first-order chi connectivity index (χ1) is 13.1. The maximum absolute atomic E-state index is 11.8. The number of rotatable bonds is 8. The zero-order chi connectivity index (χ0) is 22.2. The molecule has 1 saturated heterocycles. The fourth-order valence-electron chi connectivity index (χ4n) is 2.19. The van der Waals surface area contributed by atoms with E-state index in [1.165, 1.54) is 6.07 Å². The molecule has 1 aromatic rings. The van der Waals surface area contributed by atoms with Crippen LogP contribution < -0.4 is 11.4 Å². The number of anilines is 1. The zero-order valence-corrected chi connectivity index (χ0v) is 16.6. The number of phosphoric acid groups is 3. The maximum atomic E-state index is 11.8. The van der Waals surface area contributed by atoms with Gasteiger partial charge in [0.15, 0.2) is 6.23 Å². The Labute approximate surface area is 160 Å². The fourth-order valence-corrected chi connectivity index (χ4v) is 5.22. The van der Waals surface area contributed by atoms with Crippen LogP contribution in [0.5, 0.6) is 0 Å². The molecule has 8 N–H and O–H groups in total. The van der Waals surface area contributed by atoms with Crippen molar-refractivity contribution in [1.29, 1.82) is 0 Å². The number of aliphatic hydroxyl groups excluding tert-OH is 2. The van der Waals surface area contributed by atoms with Crippen molar-refractivity contribution in [2.75, 3.05) is 12.3 Å². The van der Waals surface area contributed by atoms with Gasteiger partial charge in [0.25, 0.3) is 0 Å². The van der Waals surface area contributed by atoms with E-state index in [9.17, 15) is 33.6 Å². The second-order valence-corrected chi connectivity index (χ2v) is 9.90. The highest BCUT2D eigenvalue weighted by Gasteiger charge is 2.46. The average Bonchev–Trinajstić information content (AvgIpc) is 2.78. The summed E-state index contributed by atoms with van der Waals surface area (Å²) in [7, 11) is -16.7. The van der Waals surface area contributed by atoms with Gasteiger partial charge < -0.3 is 40.3 Å². The summed E-state index contributed by atoms with van der Waals surface area (Å²) in [5.41, 5.74) is 4.39. The predicted molar refractivity (Wildman–Crippen MR) is 88.6 cm³/mol. The largest absolute Gasteiger partial charge is 0.490 e. The topological polar surface area (TPSA) is 270 Å². The Morgan fingerprint density at radius 1 is 1.10 bits per heavy atom. The number of aromatic nitrogens is 2. The molecule has 0 aromatic carbocycles. The summed E-state index contributed by atoms with van der Waals surface area (Å²) in [4.78, 5) is 50.5. The third-order valence-electron chi connectivity index (χ3n) is 3.28. The number of nitrogens with two attached hydrogens (primary N) is 1. The Bertz CT molecular complexity index is 946. The molecular weight excluding hydrogens is 467 g/mol. The quantitative estimate of drug-likeness (QED) is 0.193. The third kappa shape index (κ3) is 6.73. The molecule has 1 aliphatic rings. The van der Waals surface area contributed by atoms with E-state index in [4.69, 9.17) is 25.2 Å². The van der Waals surface area contributed by atoms with Crippen LogP contribution in [-0.2, 0) is 31.6 Å². The van der Waals surface area contributed by atoms with Gasteiger partial charge in [-0.25, -0.2) is 18.5 Å². The minimum absolute atomic E-state index is 0.122. The molecule has 0 saturated carbocycles. The monoisotopic (exact) mass is 483 g/mol. The van der Waals surface area contributed by atoms with Crippen LogP contribution in [0.15, 0.2) is 17.1 Å². The van der Waals surface area contributed by atoms with Crippen molar-refractivity contribution in [3.8, 4) is 0 Å². The van der Waals surface area contributed by atoms with Gasteiger partial charge in [0, 0.05) is 6.20 Å². The Hall–Kier alpha value is -1.03. The third-order valence-corrected chi connectivity index (χ3v) is 7.08. The molecule has 0 spiro atoms. The highest BCUT2D eigenvalue weighted by atomic mass is 31.3. The van der Waals surface area contributed by atoms with Crippen molar-refractivity contribution in [1.82, 2.24) is 9.55 Å². The van der Waals surface area contributed by atoms with Crippen LogP contribution in [0.1, 0.15) is 6.23 Å². The molecule has 1 aliphatic heterocycles. The van der Waals surface area contributed by atoms with E-state index in [1.54, 1.807) is 0 Å². The van der Waals surface area contributed by atoms with Gasteiger partial charge in [0.1, 0.15) is 24.1 Å². The SMILES string of the molecule is Nc1ccn([C@H]2O[C@H](COP(=O)(O)OP(=O)(O)OP(=O)(O)O)[C@H](O)[C@@H]2O)c(=O)n1. The predicted octanol–water partition coefficient (Wildman–Crippen LogP) is -2.21. The Morgan fingerprint density at radius 3 is 2.28 bits per heavy atom. The van der Waals surface area contributed by atoms with Crippen LogP contribution in [-0.4, -0.2) is 64.3 Å². The van der Waals surface area contributed by atoms with Crippen molar-refractivity contribution in [3.63, 3.8) is 0 Å². The van der Waals surface area contributed by atoms with Crippen molar-refractivity contribution >= 4 is 29.3 Å². The van der Waals surface area contributed by atoms with Gasteiger partial charge in [-0.15, -0.1) is 0 Å². The van der Waals surface area contributed by atoms with Gasteiger partial charge in [-0.2, -0.15) is 13.6 Å². The fraction of sp³-hybridized carbons (Fsp3) is 0.556. The number of nitrogens with zero attached hydrogens (tertiary/aromatic N) is 2. The molecule has 0 amide bonds. The Kier molecular flexibility index (Phi) is 7.20. The highest BCUT2D eigenvalue weighted by Crippen LogP contribution is 2.66. The molecule has 2 heterocycles. The average molecular weight is 483 g/mol. The molecule has 0 bridgehead atoms. The lowest BCUT2D eigenvalue weighted by atomic mass is 10.1. The molecule has 1 fully saturated rings. The van der Waals surface area contributed by atoms with E-state index in [0.29, 0.717) is 0 Å². The van der Waals surface area contributed by atoms with Gasteiger partial charge in [-0.05, 0) is 6.07 Å². The highest BCUT2D eigenvalue weighted by molar-refractivity contribution is 7.66. The summed E-state index contributed by atoms with van der Waals surface area (Å²) >= 11 is 0. The molecule has 20 heteroatoms. The van der Waals surface area contributed by atoms with Gasteiger partial charge in [0.2, 0.25) is 0 Å². The normalized spacial score (nSPS) is 29.3. The van der Waals surface area contributed by atoms with Crippen LogP contribution in [0.4, 0.5) is 5.82 Å². The van der Waals surface area contributed by atoms with Crippen molar-refractivity contribution in [2.24, 2.45) is 0 Å². The maximum Gasteiger partial charge on any atom is 0.490 e. The molecule has 166 valence electrons. The Morgan fingerprint density at radius 2 is 1.72 bits per heavy atom. The second kappa shape index (κ2) is 8.61. The molecule has 2 unspecified atom stereocenters. The van der Waals surface area contributed by atoms with E-state index >= 15 is 0 Å². The summed E-state index contributed by atoms with van der Waals surface area (Å²) in [6, 6.07) is 1.20. The second-order valence-electron chi connectivity index (χ2n) is 5.48. The molecule has 0 radical (unpaired) electrons. The zero-order valence-electron chi connectivity index (χ0n) is 13.9. The number of hydrogen-bond acceptors (Lipinski definition) is 12. The van der Waals surface area contributed by atoms with Crippen LogP contribution in [0, 0.1) is 0 Å². The van der Waals surface area contributed by atoms with E-state index in [2.05, 4.69) is 18.1 Å². The lowest BCUT2D eigenvalue weighted by Gasteiger charge is -2.19. The minimum atomic E-state index is -5.71. The minimum Gasteiger partial charge on any atom is -0.387 e. The number of phosphoric ester groups is 1. The summed E-state index contributed by atoms with van der Waals surface area (Å²) in [6.07, 6.45) is -5.38. The van der Waals surface area contributed by atoms with Crippen molar-refractivity contribution < 1.29 is 61.4 Å². The van der Waals surface area contributed by atoms with Crippen molar-refractivity contribution in [3.05, 3.63) is 22.7 Å². The van der Waals surface area contributed by atoms with E-state index < -0.39 is 60.3 Å². The van der Waals surface area contributed by atoms with E-state index in [-0.39, 0.29) is 5.82 Å². The van der Waals surface area contributed by atoms with Gasteiger partial charge >= 0.3 is 29.2 Å². The van der Waals surface area contributed by atoms with Gasteiger partial charge in [-0.3, -0.25) is 9.09 Å². The first-order valence-electron chi connectivity index (χ1n) is 7.25. The van der Waals surface area contributed by atoms with Gasteiger partial charge in [0.05, 0.1) is 6.61 Å². The number of hydrogen-bond donors (Lipinski definition) is 7. The molecule has 17 nitrogen and oxygen atoms in total. The summed E-state index contributed by atoms with van der Waals surface area (Å²) in [5.74, 6) is -0.122. The molecule has 29 heavy (non-hydrogen) atoms. The van der Waals surface area contributed by atoms with E-state index in [0.717, 1.165) is 10.8 Å². The molecule has 1 aromatic heterocycles. The van der Waals surface area contributed by atoms with E-state index in [1.807, 2.05) is 0 Å². The molecule has 0 aliphatic carbocycles. The lowest BCUT2D eigenvalue weighted by Crippen LogP contribution is -2.36. The Balaban J connectivity index is 2.05. The van der Waals surface area contributed by atoms with Crippen LogP contribution in [0.3, 0.4) is 0 Å². The van der Waals surface area contributed by atoms with Crippen LogP contribution in [0.2, 0.25) is 0 Å². The smallest absolute Gasteiger partial charge is 0.387 e. The first kappa shape index (κ1) is 24.2. The molecule has 2 rings (SSSR count). The number of aliphatic hydroxyl groups is 2. The number of nitrogen functional groups attached to an aromatic ring is 1.